The average Bonchev–Trinajstić information content (AvgIpc) is 2.50. The van der Waals surface area contributed by atoms with Gasteiger partial charge in [0.25, 0.3) is 0 Å². The fourth-order valence-electron chi connectivity index (χ4n) is 2.04. The predicted molar refractivity (Wildman–Crippen MR) is 90.9 cm³/mol. The van der Waals surface area contributed by atoms with Gasteiger partial charge in [-0.3, -0.25) is 4.79 Å². The summed E-state index contributed by atoms with van der Waals surface area (Å²) in [5.74, 6) is -0.0774. The Balaban J connectivity index is 1.87. The van der Waals surface area contributed by atoms with E-state index in [1.54, 1.807) is 30.5 Å². The van der Waals surface area contributed by atoms with Gasteiger partial charge in [0.1, 0.15) is 5.15 Å². The molecule has 23 heavy (non-hydrogen) atoms. The second kappa shape index (κ2) is 7.57. The highest BCUT2D eigenvalue weighted by molar-refractivity contribution is 7.91. The number of amides is 1. The van der Waals surface area contributed by atoms with E-state index >= 15 is 0 Å². The number of nitrogens with one attached hydrogen (secondary N) is 2. The van der Waals surface area contributed by atoms with Gasteiger partial charge in [-0.05, 0) is 41.8 Å². The van der Waals surface area contributed by atoms with E-state index in [1.165, 1.54) is 6.26 Å². The number of carbonyl (C=O) groups excluding carboxylic acids is 1. The van der Waals surface area contributed by atoms with E-state index in [4.69, 9.17) is 16.4 Å². The Kier molecular flexibility index (Phi) is 5.74. The third-order valence-corrected chi connectivity index (χ3v) is 4.63. The second-order valence-electron chi connectivity index (χ2n) is 5.25. The second-order valence-corrected chi connectivity index (χ2v) is 7.80. The standard InChI is InChI=1S/C16H18ClN3O2S/c1-23(18,22)14-4-2-3-13(9-14)11-20-16(21)6-5-12-7-8-19-15(17)10-12/h2-4,7-10,18H,5-6,11H2,1H3,(H,20,21). The molecule has 5 nitrogen and oxygen atoms in total. The van der Waals surface area contributed by atoms with Crippen LogP contribution in [-0.2, 0) is 27.5 Å². The summed E-state index contributed by atoms with van der Waals surface area (Å²) in [6.07, 6.45) is 3.93. The predicted octanol–water partition coefficient (Wildman–Crippen LogP) is 3.02. The SMILES string of the molecule is CS(=N)(=O)c1cccc(CNC(=O)CCc2ccnc(Cl)c2)c1. The van der Waals surface area contributed by atoms with Crippen molar-refractivity contribution in [3.63, 3.8) is 0 Å². The van der Waals surface area contributed by atoms with Crippen LogP contribution in [0, 0.1) is 4.78 Å². The summed E-state index contributed by atoms with van der Waals surface area (Å²) in [6, 6.07) is 10.5. The number of nitrogens with zero attached hydrogens (tertiary/aromatic N) is 1. The number of hydrogen-bond donors (Lipinski definition) is 2. The van der Waals surface area contributed by atoms with Crippen molar-refractivity contribution in [2.75, 3.05) is 6.26 Å². The summed E-state index contributed by atoms with van der Waals surface area (Å²) in [4.78, 5) is 16.3. The molecule has 0 bridgehead atoms. The summed E-state index contributed by atoms with van der Waals surface area (Å²) in [5.41, 5.74) is 1.78. The molecule has 0 spiro atoms. The molecule has 1 aromatic heterocycles. The van der Waals surface area contributed by atoms with E-state index in [1.807, 2.05) is 12.1 Å². The first kappa shape index (κ1) is 17.4. The van der Waals surface area contributed by atoms with Crippen molar-refractivity contribution in [3.05, 3.63) is 58.9 Å². The first-order valence-electron chi connectivity index (χ1n) is 7.04. The molecule has 1 heterocycles. The molecule has 0 radical (unpaired) electrons. The molecule has 2 rings (SSSR count). The lowest BCUT2D eigenvalue weighted by Crippen LogP contribution is -2.23. The molecule has 2 N–H and O–H groups in total. The van der Waals surface area contributed by atoms with E-state index in [9.17, 15) is 9.00 Å². The molecule has 0 fully saturated rings. The van der Waals surface area contributed by atoms with E-state index < -0.39 is 9.73 Å². The summed E-state index contributed by atoms with van der Waals surface area (Å²) >= 11 is 5.80. The molecule has 0 aliphatic carbocycles. The molecule has 1 atom stereocenters. The third kappa shape index (κ3) is 5.65. The molecule has 1 aromatic carbocycles. The Hall–Kier alpha value is -1.92. The monoisotopic (exact) mass is 351 g/mol. The number of aryl methyl sites for hydroxylation is 1. The Morgan fingerprint density at radius 1 is 1.30 bits per heavy atom. The average molecular weight is 352 g/mol. The lowest BCUT2D eigenvalue weighted by atomic mass is 10.1. The van der Waals surface area contributed by atoms with Crippen LogP contribution < -0.4 is 5.32 Å². The highest BCUT2D eigenvalue weighted by Gasteiger charge is 2.06. The zero-order valence-electron chi connectivity index (χ0n) is 12.7. The minimum Gasteiger partial charge on any atom is -0.352 e. The zero-order chi connectivity index (χ0) is 16.9. The van der Waals surface area contributed by atoms with E-state index in [0.717, 1.165) is 11.1 Å². The van der Waals surface area contributed by atoms with Crippen molar-refractivity contribution in [1.82, 2.24) is 10.3 Å². The smallest absolute Gasteiger partial charge is 0.220 e. The molecule has 2 aromatic rings. The Morgan fingerprint density at radius 2 is 2.09 bits per heavy atom. The van der Waals surface area contributed by atoms with Gasteiger partial charge in [0.15, 0.2) is 0 Å². The van der Waals surface area contributed by atoms with Crippen LogP contribution in [0.25, 0.3) is 0 Å². The molecule has 1 amide bonds. The quantitative estimate of drug-likeness (QED) is 0.785. The molecule has 0 aliphatic rings. The first-order valence-corrected chi connectivity index (χ1v) is 9.39. The molecular weight excluding hydrogens is 334 g/mol. The van der Waals surface area contributed by atoms with Crippen LogP contribution in [0.4, 0.5) is 0 Å². The minimum atomic E-state index is -2.75. The maximum Gasteiger partial charge on any atom is 0.220 e. The first-order chi connectivity index (χ1) is 10.8. The summed E-state index contributed by atoms with van der Waals surface area (Å²) < 4.78 is 19.3. The molecule has 0 saturated carbocycles. The largest absolute Gasteiger partial charge is 0.352 e. The number of aromatic nitrogens is 1. The van der Waals surface area contributed by atoms with Gasteiger partial charge in [-0.15, -0.1) is 0 Å². The summed E-state index contributed by atoms with van der Waals surface area (Å²) in [7, 11) is -2.75. The fourth-order valence-corrected chi connectivity index (χ4v) is 2.95. The number of rotatable bonds is 6. The van der Waals surface area contributed by atoms with Gasteiger partial charge < -0.3 is 5.32 Å². The van der Waals surface area contributed by atoms with Crippen molar-refractivity contribution in [3.8, 4) is 0 Å². The lowest BCUT2D eigenvalue weighted by Gasteiger charge is -2.08. The van der Waals surface area contributed by atoms with Gasteiger partial charge >= 0.3 is 0 Å². The third-order valence-electron chi connectivity index (χ3n) is 3.27. The maximum atomic E-state index is 11.9. The van der Waals surface area contributed by atoms with Gasteiger partial charge in [-0.25, -0.2) is 14.0 Å². The van der Waals surface area contributed by atoms with Crippen LogP contribution in [0.3, 0.4) is 0 Å². The molecular formula is C16H18ClN3O2S. The van der Waals surface area contributed by atoms with Crippen LogP contribution in [-0.4, -0.2) is 21.4 Å². The molecule has 7 heteroatoms. The van der Waals surface area contributed by atoms with Gasteiger partial charge in [0.2, 0.25) is 5.91 Å². The number of carbonyl (C=O) groups is 1. The number of halogens is 1. The van der Waals surface area contributed by atoms with Gasteiger partial charge in [-0.2, -0.15) is 0 Å². The van der Waals surface area contributed by atoms with E-state index in [2.05, 4.69) is 10.3 Å². The normalized spacial score (nSPS) is 13.3. The number of hydrogen-bond acceptors (Lipinski definition) is 4. The van der Waals surface area contributed by atoms with Gasteiger partial charge in [0, 0.05) is 30.3 Å². The topological polar surface area (TPSA) is 82.9 Å². The summed E-state index contributed by atoms with van der Waals surface area (Å²) in [6.45, 7) is 0.347. The van der Waals surface area contributed by atoms with E-state index in [-0.39, 0.29) is 5.91 Å². The van der Waals surface area contributed by atoms with Crippen molar-refractivity contribution in [2.24, 2.45) is 0 Å². The van der Waals surface area contributed by atoms with Crippen molar-refractivity contribution in [1.29, 1.82) is 4.78 Å². The summed E-state index contributed by atoms with van der Waals surface area (Å²) in [5, 5.41) is 3.24. The fraction of sp³-hybridized carbons (Fsp3) is 0.250. The lowest BCUT2D eigenvalue weighted by molar-refractivity contribution is -0.121. The van der Waals surface area contributed by atoms with Crippen LogP contribution in [0.2, 0.25) is 5.15 Å². The Labute approximate surface area is 141 Å². The molecule has 0 aliphatic heterocycles. The maximum absolute atomic E-state index is 11.9. The van der Waals surface area contributed by atoms with Crippen molar-refractivity contribution in [2.45, 2.75) is 24.3 Å². The zero-order valence-corrected chi connectivity index (χ0v) is 14.3. The van der Waals surface area contributed by atoms with Crippen molar-refractivity contribution >= 4 is 27.2 Å². The van der Waals surface area contributed by atoms with Crippen molar-refractivity contribution < 1.29 is 9.00 Å². The van der Waals surface area contributed by atoms with E-state index in [0.29, 0.717) is 29.4 Å². The van der Waals surface area contributed by atoms with Crippen LogP contribution >= 0.6 is 11.6 Å². The Bertz CT molecular complexity index is 806. The van der Waals surface area contributed by atoms with Gasteiger partial charge in [-0.1, -0.05) is 23.7 Å². The van der Waals surface area contributed by atoms with Crippen LogP contribution in [0.1, 0.15) is 17.5 Å². The molecule has 0 saturated heterocycles. The highest BCUT2D eigenvalue weighted by Crippen LogP contribution is 2.12. The number of benzene rings is 1. The van der Waals surface area contributed by atoms with Crippen LogP contribution in [0.5, 0.6) is 0 Å². The van der Waals surface area contributed by atoms with Crippen LogP contribution in [0.15, 0.2) is 47.5 Å². The minimum absolute atomic E-state index is 0.0774. The highest BCUT2D eigenvalue weighted by atomic mass is 35.5. The number of pyridine rings is 1. The van der Waals surface area contributed by atoms with Gasteiger partial charge in [0.05, 0.1) is 9.73 Å². The molecule has 1 unspecified atom stereocenters. The molecule has 122 valence electrons. The Morgan fingerprint density at radius 3 is 2.78 bits per heavy atom.